The van der Waals surface area contributed by atoms with Crippen LogP contribution in [-0.2, 0) is 0 Å². The first-order chi connectivity index (χ1) is 9.56. The Bertz CT molecular complexity index is 475. The second-order valence-electron chi connectivity index (χ2n) is 5.00. The minimum Gasteiger partial charge on any atom is -0.492 e. The zero-order valence-corrected chi connectivity index (χ0v) is 12.5. The normalized spacial score (nSPS) is 17.1. The van der Waals surface area contributed by atoms with Crippen molar-refractivity contribution in [2.24, 2.45) is 5.73 Å². The van der Waals surface area contributed by atoms with Gasteiger partial charge in [-0.25, -0.2) is 4.39 Å². The maximum atomic E-state index is 13.7. The van der Waals surface area contributed by atoms with Crippen LogP contribution in [0.25, 0.3) is 0 Å². The first-order valence-electron chi connectivity index (χ1n) is 6.69. The third kappa shape index (κ3) is 4.13. The van der Waals surface area contributed by atoms with E-state index < -0.39 is 5.82 Å². The number of hydrogen-bond acceptors (Lipinski definition) is 4. The van der Waals surface area contributed by atoms with Crippen molar-refractivity contribution in [1.29, 1.82) is 0 Å². The van der Waals surface area contributed by atoms with Crippen LogP contribution in [0.2, 0.25) is 0 Å². The Kier molecular flexibility index (Phi) is 5.28. The molecule has 0 bridgehead atoms. The fourth-order valence-corrected chi connectivity index (χ4v) is 2.32. The van der Waals surface area contributed by atoms with E-state index >= 15 is 0 Å². The summed E-state index contributed by atoms with van der Waals surface area (Å²) in [4.78, 5) is 4.72. The lowest BCUT2D eigenvalue weighted by Gasteiger charge is -2.32. The van der Waals surface area contributed by atoms with Gasteiger partial charge in [0.15, 0.2) is 0 Å². The maximum absolute atomic E-state index is 13.7. The van der Waals surface area contributed by atoms with E-state index in [-0.39, 0.29) is 10.6 Å². The molecule has 0 spiro atoms. The van der Waals surface area contributed by atoms with Crippen molar-refractivity contribution in [3.8, 4) is 5.75 Å². The number of likely N-dealkylation sites (N-methyl/N-ethyl adjacent to an activating group) is 1. The van der Waals surface area contributed by atoms with Crippen molar-refractivity contribution in [2.75, 3.05) is 46.4 Å². The molecule has 110 valence electrons. The topological polar surface area (TPSA) is 41.7 Å². The molecule has 1 saturated heterocycles. The highest BCUT2D eigenvalue weighted by Crippen LogP contribution is 2.16. The Labute approximate surface area is 124 Å². The SMILES string of the molecule is CN1CCN(CCOc2ccc(C(N)=S)c(F)c2)CC1. The summed E-state index contributed by atoms with van der Waals surface area (Å²) in [5.74, 6) is 0.0752. The monoisotopic (exact) mass is 297 g/mol. The summed E-state index contributed by atoms with van der Waals surface area (Å²) in [5, 5.41) is 0. The zero-order valence-electron chi connectivity index (χ0n) is 11.6. The lowest BCUT2D eigenvalue weighted by molar-refractivity contribution is 0.133. The van der Waals surface area contributed by atoms with Gasteiger partial charge < -0.3 is 15.4 Å². The smallest absolute Gasteiger partial charge is 0.137 e. The summed E-state index contributed by atoms with van der Waals surface area (Å²) in [6.45, 7) is 5.67. The largest absolute Gasteiger partial charge is 0.492 e. The minimum absolute atomic E-state index is 0.0616. The Morgan fingerprint density at radius 2 is 2.05 bits per heavy atom. The average molecular weight is 297 g/mol. The van der Waals surface area contributed by atoms with Crippen LogP contribution in [0, 0.1) is 5.82 Å². The molecule has 1 heterocycles. The summed E-state index contributed by atoms with van der Waals surface area (Å²) in [6.07, 6.45) is 0. The van der Waals surface area contributed by atoms with Gasteiger partial charge in [0.2, 0.25) is 0 Å². The lowest BCUT2D eigenvalue weighted by Crippen LogP contribution is -2.45. The summed E-state index contributed by atoms with van der Waals surface area (Å²) in [5.41, 5.74) is 5.67. The number of halogens is 1. The van der Waals surface area contributed by atoms with E-state index in [0.717, 1.165) is 32.7 Å². The van der Waals surface area contributed by atoms with E-state index in [1.54, 1.807) is 12.1 Å². The van der Waals surface area contributed by atoms with Gasteiger partial charge in [0.1, 0.15) is 23.2 Å². The molecule has 2 rings (SSSR count). The molecule has 1 fully saturated rings. The van der Waals surface area contributed by atoms with Crippen molar-refractivity contribution >= 4 is 17.2 Å². The highest BCUT2D eigenvalue weighted by molar-refractivity contribution is 7.80. The van der Waals surface area contributed by atoms with E-state index in [2.05, 4.69) is 16.8 Å². The summed E-state index contributed by atoms with van der Waals surface area (Å²) in [7, 11) is 2.13. The molecule has 0 aliphatic carbocycles. The molecule has 0 radical (unpaired) electrons. The van der Waals surface area contributed by atoms with Gasteiger partial charge in [0.25, 0.3) is 0 Å². The number of hydrogen-bond donors (Lipinski definition) is 1. The Hall–Kier alpha value is -1.24. The highest BCUT2D eigenvalue weighted by atomic mass is 32.1. The number of ether oxygens (including phenoxy) is 1. The number of thiocarbonyl (C=S) groups is 1. The zero-order chi connectivity index (χ0) is 14.5. The van der Waals surface area contributed by atoms with E-state index in [0.29, 0.717) is 12.4 Å². The standard InChI is InChI=1S/C14H20FN3OS/c1-17-4-6-18(7-5-17)8-9-19-11-2-3-12(14(16)20)13(15)10-11/h2-3,10H,4-9H2,1H3,(H2,16,20). The molecule has 1 aromatic carbocycles. The molecular formula is C14H20FN3OS. The molecule has 1 aliphatic heterocycles. The number of nitrogens with zero attached hydrogens (tertiary/aromatic N) is 2. The van der Waals surface area contributed by atoms with Gasteiger partial charge >= 0.3 is 0 Å². The van der Waals surface area contributed by atoms with Crippen molar-refractivity contribution in [1.82, 2.24) is 9.80 Å². The predicted molar refractivity (Wildman–Crippen MR) is 81.7 cm³/mol. The van der Waals surface area contributed by atoms with Crippen LogP contribution in [-0.4, -0.2) is 61.2 Å². The molecule has 0 unspecified atom stereocenters. The summed E-state index contributed by atoms with van der Waals surface area (Å²) in [6, 6.07) is 4.59. The van der Waals surface area contributed by atoms with Crippen LogP contribution in [0.3, 0.4) is 0 Å². The number of nitrogens with two attached hydrogens (primary N) is 1. The Balaban J connectivity index is 1.79. The van der Waals surface area contributed by atoms with Crippen LogP contribution in [0.15, 0.2) is 18.2 Å². The van der Waals surface area contributed by atoms with E-state index in [9.17, 15) is 4.39 Å². The van der Waals surface area contributed by atoms with Crippen LogP contribution in [0.4, 0.5) is 4.39 Å². The van der Waals surface area contributed by atoms with Crippen molar-refractivity contribution in [3.63, 3.8) is 0 Å². The van der Waals surface area contributed by atoms with Gasteiger partial charge in [0.05, 0.1) is 0 Å². The molecule has 0 saturated carbocycles. The first-order valence-corrected chi connectivity index (χ1v) is 7.10. The molecule has 6 heteroatoms. The van der Waals surface area contributed by atoms with E-state index in [4.69, 9.17) is 22.7 Å². The molecule has 0 atom stereocenters. The second kappa shape index (κ2) is 6.97. The molecular weight excluding hydrogens is 277 g/mol. The molecule has 20 heavy (non-hydrogen) atoms. The first kappa shape index (κ1) is 15.2. The van der Waals surface area contributed by atoms with Crippen LogP contribution >= 0.6 is 12.2 Å². The van der Waals surface area contributed by atoms with E-state index in [1.165, 1.54) is 6.07 Å². The minimum atomic E-state index is -0.436. The van der Waals surface area contributed by atoms with Crippen molar-refractivity contribution in [2.45, 2.75) is 0 Å². The molecule has 4 nitrogen and oxygen atoms in total. The molecule has 2 N–H and O–H groups in total. The van der Waals surface area contributed by atoms with Crippen LogP contribution < -0.4 is 10.5 Å². The number of benzene rings is 1. The Morgan fingerprint density at radius 3 is 2.65 bits per heavy atom. The molecule has 0 aromatic heterocycles. The van der Waals surface area contributed by atoms with Gasteiger partial charge in [-0.05, 0) is 19.2 Å². The second-order valence-corrected chi connectivity index (χ2v) is 5.44. The molecule has 0 amide bonds. The van der Waals surface area contributed by atoms with Gasteiger partial charge in [-0.1, -0.05) is 12.2 Å². The fraction of sp³-hybridized carbons (Fsp3) is 0.500. The number of piperazine rings is 1. The van der Waals surface area contributed by atoms with Crippen LogP contribution in [0.5, 0.6) is 5.75 Å². The van der Waals surface area contributed by atoms with Gasteiger partial charge in [-0.15, -0.1) is 0 Å². The summed E-state index contributed by atoms with van der Waals surface area (Å²) < 4.78 is 19.2. The van der Waals surface area contributed by atoms with Crippen molar-refractivity contribution < 1.29 is 9.13 Å². The van der Waals surface area contributed by atoms with Gasteiger partial charge in [-0.2, -0.15) is 0 Å². The fourth-order valence-electron chi connectivity index (χ4n) is 2.15. The van der Waals surface area contributed by atoms with Crippen molar-refractivity contribution in [3.05, 3.63) is 29.6 Å². The number of rotatable bonds is 5. The predicted octanol–water partition coefficient (Wildman–Crippen LogP) is 1.09. The average Bonchev–Trinajstić information content (AvgIpc) is 2.41. The Morgan fingerprint density at radius 1 is 1.35 bits per heavy atom. The molecule has 1 aromatic rings. The van der Waals surface area contributed by atoms with Gasteiger partial charge in [0, 0.05) is 44.4 Å². The third-order valence-electron chi connectivity index (χ3n) is 3.48. The maximum Gasteiger partial charge on any atom is 0.137 e. The quantitative estimate of drug-likeness (QED) is 0.824. The highest BCUT2D eigenvalue weighted by Gasteiger charge is 2.13. The molecule has 1 aliphatic rings. The lowest BCUT2D eigenvalue weighted by atomic mass is 10.2. The van der Waals surface area contributed by atoms with Crippen LogP contribution in [0.1, 0.15) is 5.56 Å². The van der Waals surface area contributed by atoms with Gasteiger partial charge in [-0.3, -0.25) is 4.90 Å². The third-order valence-corrected chi connectivity index (χ3v) is 3.70. The summed E-state index contributed by atoms with van der Waals surface area (Å²) >= 11 is 4.76. The van der Waals surface area contributed by atoms with E-state index in [1.807, 2.05) is 0 Å².